The summed E-state index contributed by atoms with van der Waals surface area (Å²) in [6.45, 7) is 6.50. The van der Waals surface area contributed by atoms with E-state index in [1.807, 2.05) is 0 Å². The van der Waals surface area contributed by atoms with E-state index in [9.17, 15) is 4.79 Å². The molecule has 0 aromatic carbocycles. The molecule has 1 saturated heterocycles. The number of hydrogen-bond donors (Lipinski definition) is 0. The van der Waals surface area contributed by atoms with Crippen molar-refractivity contribution >= 4 is 6.29 Å². The molecule has 1 aliphatic rings. The second-order valence-corrected chi connectivity index (χ2v) is 4.39. The van der Waals surface area contributed by atoms with Crippen molar-refractivity contribution in [2.24, 2.45) is 0 Å². The van der Waals surface area contributed by atoms with Crippen LogP contribution in [0.3, 0.4) is 0 Å². The lowest BCUT2D eigenvalue weighted by atomic mass is 9.88. The zero-order valence-electron chi connectivity index (χ0n) is 9.45. The third-order valence-corrected chi connectivity index (χ3v) is 3.33. The largest absolute Gasteiger partial charge is 0.378 e. The van der Waals surface area contributed by atoms with E-state index >= 15 is 0 Å². The molecule has 0 bridgehead atoms. The van der Waals surface area contributed by atoms with Crippen molar-refractivity contribution in [1.82, 2.24) is 4.90 Å². The summed E-state index contributed by atoms with van der Waals surface area (Å²) in [7, 11) is 1.72. The minimum Gasteiger partial charge on any atom is -0.378 e. The number of likely N-dealkylation sites (tertiary alicyclic amines) is 1. The molecule has 0 atom stereocenters. The number of carbonyl (C=O) groups excluding carboxylic acids is 1. The highest BCUT2D eigenvalue weighted by molar-refractivity contribution is 5.51. The number of piperidine rings is 1. The summed E-state index contributed by atoms with van der Waals surface area (Å²) in [5.41, 5.74) is -0.173. The first-order valence-electron chi connectivity index (χ1n) is 5.36. The Bertz CT molecular complexity index is 184. The number of rotatable bonds is 4. The average Bonchev–Trinajstić information content (AvgIpc) is 2.19. The molecule has 0 N–H and O–H groups in total. The van der Waals surface area contributed by atoms with Crippen molar-refractivity contribution < 1.29 is 9.53 Å². The predicted octanol–water partition coefficient (Wildman–Crippen LogP) is 1.46. The van der Waals surface area contributed by atoms with Crippen LogP contribution < -0.4 is 0 Å². The van der Waals surface area contributed by atoms with Crippen molar-refractivity contribution in [3.05, 3.63) is 0 Å². The maximum absolute atomic E-state index is 10.6. The lowest BCUT2D eigenvalue weighted by Gasteiger charge is -2.41. The fourth-order valence-corrected chi connectivity index (χ4v) is 2.09. The van der Waals surface area contributed by atoms with Gasteiger partial charge in [-0.3, -0.25) is 0 Å². The summed E-state index contributed by atoms with van der Waals surface area (Å²) in [6.07, 6.45) is 3.46. The van der Waals surface area contributed by atoms with Crippen LogP contribution in [-0.2, 0) is 9.53 Å². The van der Waals surface area contributed by atoms with Crippen LogP contribution in [-0.4, -0.2) is 43.0 Å². The van der Waals surface area contributed by atoms with Gasteiger partial charge in [0.1, 0.15) is 6.29 Å². The molecule has 3 heteroatoms. The quantitative estimate of drug-likeness (QED) is 0.642. The van der Waals surface area contributed by atoms with Crippen LogP contribution in [0.2, 0.25) is 0 Å². The SMILES string of the molecule is COC1(CC=O)CCN(C(C)C)CC1. The fourth-order valence-electron chi connectivity index (χ4n) is 2.09. The van der Waals surface area contributed by atoms with E-state index < -0.39 is 0 Å². The van der Waals surface area contributed by atoms with Crippen molar-refractivity contribution in [3.8, 4) is 0 Å². The molecule has 82 valence electrons. The molecule has 0 aliphatic carbocycles. The van der Waals surface area contributed by atoms with Gasteiger partial charge in [0.15, 0.2) is 0 Å². The summed E-state index contributed by atoms with van der Waals surface area (Å²) in [4.78, 5) is 13.0. The highest BCUT2D eigenvalue weighted by Gasteiger charge is 2.34. The smallest absolute Gasteiger partial charge is 0.122 e. The Balaban J connectivity index is 2.50. The van der Waals surface area contributed by atoms with Gasteiger partial charge in [-0.2, -0.15) is 0 Å². The van der Waals surface area contributed by atoms with Gasteiger partial charge >= 0.3 is 0 Å². The van der Waals surface area contributed by atoms with Gasteiger partial charge in [-0.1, -0.05) is 0 Å². The van der Waals surface area contributed by atoms with E-state index in [0.717, 1.165) is 32.2 Å². The van der Waals surface area contributed by atoms with E-state index in [-0.39, 0.29) is 5.60 Å². The summed E-state index contributed by atoms with van der Waals surface area (Å²) >= 11 is 0. The summed E-state index contributed by atoms with van der Waals surface area (Å²) in [6, 6.07) is 0.598. The van der Waals surface area contributed by atoms with Crippen molar-refractivity contribution in [1.29, 1.82) is 0 Å². The Morgan fingerprint density at radius 3 is 2.36 bits per heavy atom. The molecular weight excluding hydrogens is 178 g/mol. The maximum atomic E-state index is 10.6. The molecule has 1 rings (SSSR count). The minimum atomic E-state index is -0.173. The molecule has 0 spiro atoms. The molecule has 14 heavy (non-hydrogen) atoms. The van der Waals surface area contributed by atoms with E-state index in [2.05, 4.69) is 18.7 Å². The molecule has 0 aromatic heterocycles. The van der Waals surface area contributed by atoms with Crippen molar-refractivity contribution in [3.63, 3.8) is 0 Å². The zero-order valence-corrected chi connectivity index (χ0v) is 9.45. The topological polar surface area (TPSA) is 29.5 Å². The van der Waals surface area contributed by atoms with Gasteiger partial charge in [0.2, 0.25) is 0 Å². The van der Waals surface area contributed by atoms with Crippen LogP contribution in [0.5, 0.6) is 0 Å². The van der Waals surface area contributed by atoms with E-state index in [0.29, 0.717) is 12.5 Å². The lowest BCUT2D eigenvalue weighted by Crippen LogP contribution is -2.47. The first kappa shape index (κ1) is 11.7. The van der Waals surface area contributed by atoms with Gasteiger partial charge in [-0.05, 0) is 26.7 Å². The second-order valence-electron chi connectivity index (χ2n) is 4.39. The molecule has 1 aliphatic heterocycles. The molecule has 0 amide bonds. The van der Waals surface area contributed by atoms with Crippen LogP contribution in [0.1, 0.15) is 33.1 Å². The van der Waals surface area contributed by atoms with Crippen LogP contribution in [0, 0.1) is 0 Å². The average molecular weight is 199 g/mol. The highest BCUT2D eigenvalue weighted by Crippen LogP contribution is 2.28. The number of aldehydes is 1. The first-order valence-corrected chi connectivity index (χ1v) is 5.36. The Kier molecular flexibility index (Phi) is 4.08. The van der Waals surface area contributed by atoms with E-state index in [1.54, 1.807) is 7.11 Å². The monoisotopic (exact) mass is 199 g/mol. The molecule has 0 aromatic rings. The molecule has 0 saturated carbocycles. The first-order chi connectivity index (χ1) is 6.63. The molecule has 3 nitrogen and oxygen atoms in total. The van der Waals surface area contributed by atoms with Gasteiger partial charge in [0.25, 0.3) is 0 Å². The number of methoxy groups -OCH3 is 1. The molecule has 0 radical (unpaired) electrons. The number of nitrogens with zero attached hydrogens (tertiary/aromatic N) is 1. The lowest BCUT2D eigenvalue weighted by molar-refractivity contribution is -0.118. The molecule has 1 heterocycles. The van der Waals surface area contributed by atoms with Crippen molar-refractivity contribution in [2.45, 2.75) is 44.8 Å². The normalized spacial score (nSPS) is 22.6. The Hall–Kier alpha value is -0.410. The van der Waals surface area contributed by atoms with Crippen LogP contribution in [0.25, 0.3) is 0 Å². The fraction of sp³-hybridized carbons (Fsp3) is 0.909. The van der Waals surface area contributed by atoms with E-state index in [1.165, 1.54) is 0 Å². The second kappa shape index (κ2) is 4.89. The van der Waals surface area contributed by atoms with Gasteiger partial charge in [0.05, 0.1) is 5.60 Å². The molecule has 1 fully saturated rings. The summed E-state index contributed by atoms with van der Waals surface area (Å²) in [5.74, 6) is 0. The van der Waals surface area contributed by atoms with E-state index in [4.69, 9.17) is 4.74 Å². The summed E-state index contributed by atoms with van der Waals surface area (Å²) < 4.78 is 5.49. The predicted molar refractivity (Wildman–Crippen MR) is 56.4 cm³/mol. The number of hydrogen-bond acceptors (Lipinski definition) is 3. The van der Waals surface area contributed by atoms with Gasteiger partial charge in [-0.25, -0.2) is 0 Å². The number of carbonyl (C=O) groups is 1. The van der Waals surface area contributed by atoms with Crippen LogP contribution in [0.4, 0.5) is 0 Å². The third-order valence-electron chi connectivity index (χ3n) is 3.33. The van der Waals surface area contributed by atoms with Crippen LogP contribution in [0.15, 0.2) is 0 Å². The Morgan fingerprint density at radius 1 is 1.43 bits per heavy atom. The van der Waals surface area contributed by atoms with Gasteiger partial charge in [-0.15, -0.1) is 0 Å². The Morgan fingerprint density at radius 2 is 2.00 bits per heavy atom. The summed E-state index contributed by atoms with van der Waals surface area (Å²) in [5, 5.41) is 0. The van der Waals surface area contributed by atoms with Crippen molar-refractivity contribution in [2.75, 3.05) is 20.2 Å². The van der Waals surface area contributed by atoms with Gasteiger partial charge < -0.3 is 14.4 Å². The molecular formula is C11H21NO2. The Labute approximate surface area is 86.4 Å². The zero-order chi connectivity index (χ0) is 10.6. The number of ether oxygens (including phenoxy) is 1. The molecule has 0 unspecified atom stereocenters. The standard InChI is InChI=1S/C11H21NO2/c1-10(2)12-7-4-11(14-3,5-8-12)6-9-13/h9-10H,4-8H2,1-3H3. The van der Waals surface area contributed by atoms with Crippen LogP contribution >= 0.6 is 0 Å². The maximum Gasteiger partial charge on any atom is 0.122 e. The third kappa shape index (κ3) is 2.55. The van der Waals surface area contributed by atoms with Gasteiger partial charge in [0, 0.05) is 32.7 Å². The highest BCUT2D eigenvalue weighted by atomic mass is 16.5. The minimum absolute atomic E-state index is 0.173.